The minimum absolute atomic E-state index is 0.103. The van der Waals surface area contributed by atoms with Gasteiger partial charge in [-0.05, 0) is 27.2 Å². The minimum Gasteiger partial charge on any atom is -0.444 e. The highest BCUT2D eigenvalue weighted by Crippen LogP contribution is 2.41. The van der Waals surface area contributed by atoms with Crippen LogP contribution in [0.2, 0.25) is 0 Å². The summed E-state index contributed by atoms with van der Waals surface area (Å²) in [5.41, 5.74) is -0.455. The molecule has 4 heteroatoms. The molecule has 1 saturated carbocycles. The molecule has 0 spiro atoms. The quantitative estimate of drug-likeness (QED) is 0.611. The number of amides is 1. The van der Waals surface area contributed by atoms with Gasteiger partial charge in [-0.2, -0.15) is 0 Å². The largest absolute Gasteiger partial charge is 0.444 e. The van der Waals surface area contributed by atoms with Gasteiger partial charge in [0.2, 0.25) is 0 Å². The van der Waals surface area contributed by atoms with Crippen LogP contribution in [0.5, 0.6) is 0 Å². The van der Waals surface area contributed by atoms with Crippen LogP contribution >= 0.6 is 0 Å². The molecule has 0 aromatic heterocycles. The van der Waals surface area contributed by atoms with E-state index in [1.807, 2.05) is 20.8 Å². The molecule has 2 unspecified atom stereocenters. The average molecular weight is 211 g/mol. The molecule has 1 heterocycles. The van der Waals surface area contributed by atoms with E-state index in [-0.39, 0.29) is 18.1 Å². The number of hydrogen-bond donors (Lipinski definition) is 0. The van der Waals surface area contributed by atoms with E-state index in [9.17, 15) is 9.59 Å². The van der Waals surface area contributed by atoms with E-state index in [2.05, 4.69) is 0 Å². The summed E-state index contributed by atoms with van der Waals surface area (Å²) in [4.78, 5) is 24.8. The molecule has 1 amide bonds. The molecule has 0 N–H and O–H groups in total. The standard InChI is InChI=1S/C11H17NO3/c1-11(2,3)15-10(14)12-5-4-9(13)7-6-8(7)12/h7-8H,4-6H2,1-3H3. The van der Waals surface area contributed by atoms with Crippen molar-refractivity contribution < 1.29 is 14.3 Å². The lowest BCUT2D eigenvalue weighted by Gasteiger charge is -2.29. The number of ketones is 1. The van der Waals surface area contributed by atoms with E-state index in [1.54, 1.807) is 4.90 Å². The molecule has 0 aromatic carbocycles. The summed E-state index contributed by atoms with van der Waals surface area (Å²) >= 11 is 0. The second-order valence-corrected chi connectivity index (χ2v) is 5.30. The predicted molar refractivity (Wildman–Crippen MR) is 54.5 cm³/mol. The van der Waals surface area contributed by atoms with Crippen molar-refractivity contribution in [2.45, 2.75) is 45.3 Å². The van der Waals surface area contributed by atoms with Gasteiger partial charge in [-0.15, -0.1) is 0 Å². The lowest BCUT2D eigenvalue weighted by molar-refractivity contribution is -0.122. The highest BCUT2D eigenvalue weighted by molar-refractivity contribution is 5.87. The van der Waals surface area contributed by atoms with Crippen molar-refractivity contribution >= 4 is 11.9 Å². The predicted octanol–water partition coefficient (Wildman–Crippen LogP) is 1.58. The summed E-state index contributed by atoms with van der Waals surface area (Å²) in [6.45, 7) is 6.08. The Balaban J connectivity index is 1.95. The second kappa shape index (κ2) is 3.22. The van der Waals surface area contributed by atoms with Crippen molar-refractivity contribution in [2.75, 3.05) is 6.54 Å². The van der Waals surface area contributed by atoms with Crippen molar-refractivity contribution in [3.05, 3.63) is 0 Å². The fourth-order valence-electron chi connectivity index (χ4n) is 2.00. The van der Waals surface area contributed by atoms with Gasteiger partial charge < -0.3 is 9.64 Å². The van der Waals surface area contributed by atoms with Crippen molar-refractivity contribution in [3.8, 4) is 0 Å². The van der Waals surface area contributed by atoms with Crippen LogP contribution in [-0.4, -0.2) is 35.0 Å². The normalized spacial score (nSPS) is 29.8. The van der Waals surface area contributed by atoms with E-state index in [0.29, 0.717) is 18.7 Å². The van der Waals surface area contributed by atoms with Gasteiger partial charge in [-0.1, -0.05) is 0 Å². The maximum absolute atomic E-state index is 11.7. The molecule has 0 aromatic rings. The fourth-order valence-corrected chi connectivity index (χ4v) is 2.00. The highest BCUT2D eigenvalue weighted by atomic mass is 16.6. The fraction of sp³-hybridized carbons (Fsp3) is 0.818. The molecule has 2 fully saturated rings. The Morgan fingerprint density at radius 1 is 1.47 bits per heavy atom. The molecule has 0 radical (unpaired) electrons. The van der Waals surface area contributed by atoms with Gasteiger partial charge in [-0.3, -0.25) is 4.79 Å². The maximum Gasteiger partial charge on any atom is 0.410 e. The average Bonchev–Trinajstić information content (AvgIpc) is 2.80. The molecule has 2 atom stereocenters. The Morgan fingerprint density at radius 3 is 2.73 bits per heavy atom. The Kier molecular flexibility index (Phi) is 2.24. The van der Waals surface area contributed by atoms with Crippen molar-refractivity contribution in [1.82, 2.24) is 4.90 Å². The van der Waals surface area contributed by atoms with E-state index in [0.717, 1.165) is 6.42 Å². The van der Waals surface area contributed by atoms with Crippen LogP contribution in [-0.2, 0) is 9.53 Å². The third-order valence-corrected chi connectivity index (χ3v) is 2.80. The highest BCUT2D eigenvalue weighted by Gasteiger charge is 2.52. The Hall–Kier alpha value is -1.06. The summed E-state index contributed by atoms with van der Waals surface area (Å²) in [7, 11) is 0. The number of ether oxygens (including phenoxy) is 1. The van der Waals surface area contributed by atoms with Crippen LogP contribution in [0.4, 0.5) is 4.79 Å². The van der Waals surface area contributed by atoms with Gasteiger partial charge in [0.25, 0.3) is 0 Å². The monoisotopic (exact) mass is 211 g/mol. The molecule has 1 aliphatic carbocycles. The van der Waals surface area contributed by atoms with Crippen LogP contribution < -0.4 is 0 Å². The van der Waals surface area contributed by atoms with Gasteiger partial charge in [0, 0.05) is 24.9 Å². The van der Waals surface area contributed by atoms with Gasteiger partial charge in [0.1, 0.15) is 11.4 Å². The number of rotatable bonds is 0. The van der Waals surface area contributed by atoms with E-state index >= 15 is 0 Å². The summed E-state index contributed by atoms with van der Waals surface area (Å²) < 4.78 is 5.29. The minimum atomic E-state index is -0.455. The zero-order valence-corrected chi connectivity index (χ0v) is 9.45. The number of Topliss-reactive ketones (excluding diaryl/α,β-unsaturated/α-hetero) is 1. The first-order valence-corrected chi connectivity index (χ1v) is 5.41. The molecule has 2 rings (SSSR count). The van der Waals surface area contributed by atoms with Crippen LogP contribution in [0.3, 0.4) is 0 Å². The Morgan fingerprint density at radius 2 is 2.13 bits per heavy atom. The van der Waals surface area contributed by atoms with Crippen LogP contribution in [0.1, 0.15) is 33.6 Å². The van der Waals surface area contributed by atoms with E-state index < -0.39 is 5.60 Å². The maximum atomic E-state index is 11.7. The Bertz CT molecular complexity index is 305. The molecule has 15 heavy (non-hydrogen) atoms. The number of carbonyl (C=O) groups excluding carboxylic acids is 2. The first kappa shape index (κ1) is 10.5. The van der Waals surface area contributed by atoms with Gasteiger partial charge in [-0.25, -0.2) is 4.79 Å². The molecule has 1 aliphatic heterocycles. The van der Waals surface area contributed by atoms with Gasteiger partial charge in [0.15, 0.2) is 0 Å². The topological polar surface area (TPSA) is 46.6 Å². The third-order valence-electron chi connectivity index (χ3n) is 2.80. The number of nitrogens with zero attached hydrogens (tertiary/aromatic N) is 1. The van der Waals surface area contributed by atoms with Crippen molar-refractivity contribution in [2.24, 2.45) is 5.92 Å². The molecule has 4 nitrogen and oxygen atoms in total. The van der Waals surface area contributed by atoms with Crippen LogP contribution in [0.15, 0.2) is 0 Å². The third kappa shape index (κ3) is 2.13. The lowest BCUT2D eigenvalue weighted by Crippen LogP contribution is -2.43. The molecular weight excluding hydrogens is 194 g/mol. The van der Waals surface area contributed by atoms with Crippen molar-refractivity contribution in [3.63, 3.8) is 0 Å². The first-order chi connectivity index (χ1) is 6.88. The first-order valence-electron chi connectivity index (χ1n) is 5.41. The number of carbonyl (C=O) groups is 2. The molecule has 2 aliphatic rings. The zero-order valence-electron chi connectivity index (χ0n) is 9.45. The smallest absolute Gasteiger partial charge is 0.410 e. The summed E-state index contributed by atoms with van der Waals surface area (Å²) in [6.07, 6.45) is 1.04. The summed E-state index contributed by atoms with van der Waals surface area (Å²) in [5.74, 6) is 0.408. The SMILES string of the molecule is CC(C)(C)OC(=O)N1CCC(=O)C2CC21. The summed E-state index contributed by atoms with van der Waals surface area (Å²) in [5, 5.41) is 0. The number of hydrogen-bond acceptors (Lipinski definition) is 3. The molecule has 0 bridgehead atoms. The summed E-state index contributed by atoms with van der Waals surface area (Å²) in [6, 6.07) is 0.126. The van der Waals surface area contributed by atoms with Gasteiger partial charge in [0.05, 0.1) is 0 Å². The molecular formula is C11H17NO3. The molecule has 84 valence electrons. The zero-order chi connectivity index (χ0) is 11.2. The number of fused-ring (bicyclic) bond motifs is 1. The number of likely N-dealkylation sites (tertiary alicyclic amines) is 1. The molecule has 1 saturated heterocycles. The van der Waals surface area contributed by atoms with Crippen LogP contribution in [0.25, 0.3) is 0 Å². The Labute approximate surface area is 89.6 Å². The van der Waals surface area contributed by atoms with Gasteiger partial charge >= 0.3 is 6.09 Å². The van der Waals surface area contributed by atoms with E-state index in [1.165, 1.54) is 0 Å². The second-order valence-electron chi connectivity index (χ2n) is 5.30. The van der Waals surface area contributed by atoms with Crippen molar-refractivity contribution in [1.29, 1.82) is 0 Å². The number of piperidine rings is 1. The van der Waals surface area contributed by atoms with E-state index in [4.69, 9.17) is 4.74 Å². The van der Waals surface area contributed by atoms with Crippen LogP contribution in [0, 0.1) is 5.92 Å². The lowest BCUT2D eigenvalue weighted by atomic mass is 10.1.